The van der Waals surface area contributed by atoms with Crippen LogP contribution < -0.4 is 5.32 Å². The third-order valence-electron chi connectivity index (χ3n) is 3.77. The third kappa shape index (κ3) is 5.49. The zero-order chi connectivity index (χ0) is 17.5. The SMILES string of the molecule is Clc1cc(Cl)cc([C@H]2CCNC2)c1.O=C(O)[C@H](O)c1ccccc1. The fourth-order valence-corrected chi connectivity index (χ4v) is 3.07. The minimum absolute atomic E-state index is 0.403. The van der Waals surface area contributed by atoms with Crippen molar-refractivity contribution < 1.29 is 15.0 Å². The quantitative estimate of drug-likeness (QED) is 0.769. The predicted molar refractivity (Wildman–Crippen MR) is 95.7 cm³/mol. The van der Waals surface area contributed by atoms with Crippen LogP contribution in [0.15, 0.2) is 48.5 Å². The van der Waals surface area contributed by atoms with E-state index in [0.717, 1.165) is 23.1 Å². The number of carbonyl (C=O) groups is 1. The van der Waals surface area contributed by atoms with Gasteiger partial charge in [-0.2, -0.15) is 0 Å². The number of hydrogen-bond acceptors (Lipinski definition) is 3. The summed E-state index contributed by atoms with van der Waals surface area (Å²) in [7, 11) is 0. The van der Waals surface area contributed by atoms with Gasteiger partial charge in [0.2, 0.25) is 0 Å². The second-order valence-electron chi connectivity index (χ2n) is 5.54. The minimum Gasteiger partial charge on any atom is -0.479 e. The molecule has 0 amide bonds. The normalized spacial score (nSPS) is 17.7. The van der Waals surface area contributed by atoms with Crippen LogP contribution in [0, 0.1) is 0 Å². The van der Waals surface area contributed by atoms with Gasteiger partial charge in [0, 0.05) is 16.6 Å². The highest BCUT2D eigenvalue weighted by atomic mass is 35.5. The molecule has 1 aliphatic heterocycles. The predicted octanol–water partition coefficient (Wildman–Crippen LogP) is 3.87. The van der Waals surface area contributed by atoms with Crippen molar-refractivity contribution in [1.29, 1.82) is 0 Å². The van der Waals surface area contributed by atoms with E-state index in [0.29, 0.717) is 11.5 Å². The van der Waals surface area contributed by atoms with Crippen molar-refractivity contribution in [3.63, 3.8) is 0 Å². The molecule has 24 heavy (non-hydrogen) atoms. The summed E-state index contributed by atoms with van der Waals surface area (Å²) in [6.45, 7) is 2.13. The molecule has 1 aliphatic rings. The summed E-state index contributed by atoms with van der Waals surface area (Å²) in [5, 5.41) is 22.2. The number of carboxylic acids is 1. The summed E-state index contributed by atoms with van der Waals surface area (Å²) in [5.74, 6) is -0.646. The molecule has 6 heteroatoms. The fraction of sp³-hybridized carbons (Fsp3) is 0.278. The number of halogens is 2. The number of carboxylic acid groups (broad SMARTS) is 1. The van der Waals surface area contributed by atoms with Crippen molar-refractivity contribution in [2.24, 2.45) is 0 Å². The lowest BCUT2D eigenvalue weighted by atomic mass is 9.99. The molecular formula is C18H19Cl2NO3. The highest BCUT2D eigenvalue weighted by Crippen LogP contribution is 2.28. The van der Waals surface area contributed by atoms with Gasteiger partial charge in [0.15, 0.2) is 6.10 Å². The monoisotopic (exact) mass is 367 g/mol. The van der Waals surface area contributed by atoms with Crippen LogP contribution in [0.3, 0.4) is 0 Å². The molecule has 0 radical (unpaired) electrons. The molecule has 0 spiro atoms. The van der Waals surface area contributed by atoms with E-state index in [2.05, 4.69) is 5.32 Å². The highest BCUT2D eigenvalue weighted by Gasteiger charge is 2.17. The number of aliphatic hydroxyl groups excluding tert-OH is 1. The van der Waals surface area contributed by atoms with Crippen LogP contribution in [0.1, 0.15) is 29.6 Å². The Balaban J connectivity index is 0.000000177. The largest absolute Gasteiger partial charge is 0.479 e. The fourth-order valence-electron chi connectivity index (χ4n) is 2.53. The standard InChI is InChI=1S/C10H11Cl2N.C8H8O3/c11-9-3-8(4-10(12)5-9)7-1-2-13-6-7;9-7(8(10)11)6-4-2-1-3-5-6/h3-5,7,13H,1-2,6H2;1-5,7,9H,(H,10,11)/t2*7-/m01/s1. The molecule has 1 heterocycles. The molecule has 3 rings (SSSR count). The number of hydrogen-bond donors (Lipinski definition) is 3. The van der Waals surface area contributed by atoms with Gasteiger partial charge in [0.25, 0.3) is 0 Å². The van der Waals surface area contributed by atoms with Crippen molar-refractivity contribution in [1.82, 2.24) is 5.32 Å². The molecule has 2 aromatic carbocycles. The number of rotatable bonds is 3. The molecule has 2 atom stereocenters. The van der Waals surface area contributed by atoms with Crippen molar-refractivity contribution in [3.05, 3.63) is 69.7 Å². The van der Waals surface area contributed by atoms with Crippen LogP contribution >= 0.6 is 23.2 Å². The number of benzene rings is 2. The maximum atomic E-state index is 10.2. The summed E-state index contributed by atoms with van der Waals surface area (Å²) in [6.07, 6.45) is -0.229. The highest BCUT2D eigenvalue weighted by molar-refractivity contribution is 6.34. The second kappa shape index (κ2) is 9.04. The topological polar surface area (TPSA) is 69.6 Å². The lowest BCUT2D eigenvalue weighted by Crippen LogP contribution is -2.09. The molecule has 4 nitrogen and oxygen atoms in total. The molecule has 1 fully saturated rings. The molecule has 0 aromatic heterocycles. The molecule has 0 saturated carbocycles. The lowest BCUT2D eigenvalue weighted by Gasteiger charge is -2.09. The Morgan fingerprint density at radius 1 is 1.12 bits per heavy atom. The maximum Gasteiger partial charge on any atom is 0.337 e. The van der Waals surface area contributed by atoms with Crippen LogP contribution in [0.4, 0.5) is 0 Å². The lowest BCUT2D eigenvalue weighted by molar-refractivity contribution is -0.146. The van der Waals surface area contributed by atoms with Crippen LogP contribution in [-0.4, -0.2) is 29.3 Å². The first-order valence-electron chi connectivity index (χ1n) is 7.60. The van der Waals surface area contributed by atoms with Gasteiger partial charge in [0.05, 0.1) is 0 Å². The van der Waals surface area contributed by atoms with Gasteiger partial charge in [-0.25, -0.2) is 4.79 Å². The van der Waals surface area contributed by atoms with E-state index >= 15 is 0 Å². The molecular weight excluding hydrogens is 349 g/mol. The van der Waals surface area contributed by atoms with Gasteiger partial charge in [-0.1, -0.05) is 53.5 Å². The molecule has 3 N–H and O–H groups in total. The Bertz CT molecular complexity index is 653. The minimum atomic E-state index is -1.41. The molecule has 128 valence electrons. The maximum absolute atomic E-state index is 10.2. The van der Waals surface area contributed by atoms with Gasteiger partial charge in [-0.05, 0) is 48.2 Å². The van der Waals surface area contributed by atoms with E-state index in [1.54, 1.807) is 36.4 Å². The molecule has 0 unspecified atom stereocenters. The van der Waals surface area contributed by atoms with Crippen LogP contribution in [-0.2, 0) is 4.79 Å². The molecule has 1 saturated heterocycles. The average molecular weight is 368 g/mol. The molecule has 0 aliphatic carbocycles. The van der Waals surface area contributed by atoms with Gasteiger partial charge in [-0.15, -0.1) is 0 Å². The van der Waals surface area contributed by atoms with Gasteiger partial charge >= 0.3 is 5.97 Å². The van der Waals surface area contributed by atoms with E-state index in [-0.39, 0.29) is 0 Å². The van der Waals surface area contributed by atoms with Crippen molar-refractivity contribution in [2.75, 3.05) is 13.1 Å². The van der Waals surface area contributed by atoms with E-state index in [9.17, 15) is 4.79 Å². The van der Waals surface area contributed by atoms with Gasteiger partial charge in [0.1, 0.15) is 0 Å². The Kier molecular flexibility index (Phi) is 7.06. The van der Waals surface area contributed by atoms with E-state index in [4.69, 9.17) is 33.4 Å². The van der Waals surface area contributed by atoms with E-state index in [1.165, 1.54) is 12.0 Å². The zero-order valence-corrected chi connectivity index (χ0v) is 14.5. The summed E-state index contributed by atoms with van der Waals surface area (Å²) in [4.78, 5) is 10.2. The number of aliphatic carboxylic acids is 1. The van der Waals surface area contributed by atoms with Crippen LogP contribution in [0.5, 0.6) is 0 Å². The smallest absolute Gasteiger partial charge is 0.337 e. The molecule has 0 bridgehead atoms. The van der Waals surface area contributed by atoms with Gasteiger partial charge in [-0.3, -0.25) is 0 Å². The summed E-state index contributed by atoms with van der Waals surface area (Å²) >= 11 is 11.8. The number of nitrogens with one attached hydrogen (secondary N) is 1. The zero-order valence-electron chi connectivity index (χ0n) is 13.0. The average Bonchev–Trinajstić information content (AvgIpc) is 3.09. The summed E-state index contributed by atoms with van der Waals surface area (Å²) in [6, 6.07) is 14.0. The Morgan fingerprint density at radius 2 is 1.75 bits per heavy atom. The van der Waals surface area contributed by atoms with Crippen molar-refractivity contribution in [2.45, 2.75) is 18.4 Å². The van der Waals surface area contributed by atoms with Crippen LogP contribution in [0.25, 0.3) is 0 Å². The van der Waals surface area contributed by atoms with Crippen LogP contribution in [0.2, 0.25) is 10.0 Å². The Hall–Kier alpha value is -1.59. The first kappa shape index (κ1) is 18.7. The van der Waals surface area contributed by atoms with Crippen molar-refractivity contribution in [3.8, 4) is 0 Å². The summed E-state index contributed by atoms with van der Waals surface area (Å²) in [5.41, 5.74) is 1.66. The van der Waals surface area contributed by atoms with Crippen molar-refractivity contribution >= 4 is 29.2 Å². The third-order valence-corrected chi connectivity index (χ3v) is 4.20. The first-order chi connectivity index (χ1) is 11.5. The summed E-state index contributed by atoms with van der Waals surface area (Å²) < 4.78 is 0. The Labute approximate surface area is 151 Å². The van der Waals surface area contributed by atoms with E-state index < -0.39 is 12.1 Å². The Morgan fingerprint density at radius 3 is 2.25 bits per heavy atom. The van der Waals surface area contributed by atoms with Gasteiger partial charge < -0.3 is 15.5 Å². The first-order valence-corrected chi connectivity index (χ1v) is 8.35. The number of aliphatic hydroxyl groups is 1. The molecule has 2 aromatic rings. The van der Waals surface area contributed by atoms with E-state index in [1.807, 2.05) is 12.1 Å². The second-order valence-corrected chi connectivity index (χ2v) is 6.42.